The lowest BCUT2D eigenvalue weighted by atomic mass is 10.1. The topological polar surface area (TPSA) is 112 Å². The number of hydrogen-bond donors (Lipinski definition) is 3. The number of guanidine groups is 1. The van der Waals surface area contributed by atoms with E-state index < -0.39 is 5.97 Å². The lowest BCUT2D eigenvalue weighted by Crippen LogP contribution is -2.48. The Bertz CT molecular complexity index is 1170. The Morgan fingerprint density at radius 3 is 2.11 bits per heavy atom. The second-order valence-corrected chi connectivity index (χ2v) is 8.05. The van der Waals surface area contributed by atoms with Gasteiger partial charge < -0.3 is 20.7 Å². The number of para-hydroxylation sites is 1. The first-order valence-electron chi connectivity index (χ1n) is 11.1. The van der Waals surface area contributed by atoms with Gasteiger partial charge in [0.05, 0.1) is 11.3 Å². The number of piperazine rings is 1. The molecule has 0 bridgehead atoms. The van der Waals surface area contributed by atoms with Gasteiger partial charge in [-0.25, -0.2) is 4.79 Å². The minimum absolute atomic E-state index is 0. The summed E-state index contributed by atoms with van der Waals surface area (Å²) in [6.45, 7) is 3.87. The average molecular weight is 530 g/mol. The number of ether oxygens (including phenoxy) is 1. The van der Waals surface area contributed by atoms with E-state index in [9.17, 15) is 9.59 Å². The first-order chi connectivity index (χ1) is 16.5. The highest BCUT2D eigenvalue weighted by Gasteiger charge is 2.22. The third-order valence-corrected chi connectivity index (χ3v) is 5.64. The van der Waals surface area contributed by atoms with Gasteiger partial charge in [-0.1, -0.05) is 42.5 Å². The SMILES string of the molecule is Cl.Cl.N=C(N)Nc1ccccc1C(=O)Oc1ccc(C(=O)N2CCN(Cc3ccccc3)CC2)cc1. The number of rotatable bonds is 6. The summed E-state index contributed by atoms with van der Waals surface area (Å²) in [4.78, 5) is 29.7. The number of amides is 1. The number of anilines is 1. The van der Waals surface area contributed by atoms with Crippen molar-refractivity contribution >= 4 is 48.3 Å². The Morgan fingerprint density at radius 1 is 0.861 bits per heavy atom. The zero-order chi connectivity index (χ0) is 23.9. The number of halogens is 2. The molecule has 4 rings (SSSR count). The molecule has 1 amide bonds. The molecule has 0 aliphatic carbocycles. The summed E-state index contributed by atoms with van der Waals surface area (Å²) in [7, 11) is 0. The van der Waals surface area contributed by atoms with Gasteiger partial charge in [-0.2, -0.15) is 0 Å². The molecule has 1 heterocycles. The summed E-state index contributed by atoms with van der Waals surface area (Å²) in [6, 6.07) is 23.5. The van der Waals surface area contributed by atoms with Crippen LogP contribution in [0.25, 0.3) is 0 Å². The second-order valence-electron chi connectivity index (χ2n) is 8.05. The molecular weight excluding hydrogens is 501 g/mol. The predicted octanol–water partition coefficient (Wildman–Crippen LogP) is 4.01. The zero-order valence-electron chi connectivity index (χ0n) is 19.6. The van der Waals surface area contributed by atoms with Crippen LogP contribution in [0, 0.1) is 5.41 Å². The summed E-state index contributed by atoms with van der Waals surface area (Å²) < 4.78 is 5.45. The van der Waals surface area contributed by atoms with Gasteiger partial charge in [0.1, 0.15) is 5.75 Å². The Morgan fingerprint density at radius 2 is 1.47 bits per heavy atom. The number of nitrogens with two attached hydrogens (primary N) is 1. The number of nitrogens with zero attached hydrogens (tertiary/aromatic N) is 2. The second kappa shape index (κ2) is 13.5. The molecule has 0 atom stereocenters. The van der Waals surface area contributed by atoms with Gasteiger partial charge in [0.2, 0.25) is 0 Å². The quantitative estimate of drug-likeness (QED) is 0.192. The van der Waals surface area contributed by atoms with E-state index >= 15 is 0 Å². The van der Waals surface area contributed by atoms with Crippen molar-refractivity contribution in [2.24, 2.45) is 5.73 Å². The molecule has 10 heteroatoms. The standard InChI is InChI=1S/C26H27N5O3.2ClH/c27-26(28)29-23-9-5-4-8-22(23)25(33)34-21-12-10-20(11-13-21)24(32)31-16-14-30(15-17-31)18-19-6-2-1-3-7-19;;/h1-13H,14-18H2,(H4,27,28,29);2*1H. The maximum Gasteiger partial charge on any atom is 0.345 e. The fourth-order valence-corrected chi connectivity index (χ4v) is 3.88. The summed E-state index contributed by atoms with van der Waals surface area (Å²) in [5.41, 5.74) is 7.84. The molecule has 0 radical (unpaired) electrons. The smallest absolute Gasteiger partial charge is 0.345 e. The van der Waals surface area contributed by atoms with E-state index in [1.54, 1.807) is 48.5 Å². The molecule has 36 heavy (non-hydrogen) atoms. The minimum Gasteiger partial charge on any atom is -0.423 e. The van der Waals surface area contributed by atoms with Crippen LogP contribution in [0.5, 0.6) is 5.75 Å². The Labute approximate surface area is 222 Å². The molecule has 0 unspecified atom stereocenters. The molecule has 3 aromatic rings. The normalized spacial score (nSPS) is 13.1. The fourth-order valence-electron chi connectivity index (χ4n) is 3.88. The molecule has 3 aromatic carbocycles. The first-order valence-corrected chi connectivity index (χ1v) is 11.1. The number of esters is 1. The molecule has 1 saturated heterocycles. The number of hydrogen-bond acceptors (Lipinski definition) is 5. The van der Waals surface area contributed by atoms with Crippen LogP contribution in [-0.2, 0) is 6.54 Å². The van der Waals surface area contributed by atoms with Crippen molar-refractivity contribution in [2.75, 3.05) is 31.5 Å². The highest BCUT2D eigenvalue weighted by molar-refractivity contribution is 6.01. The zero-order valence-corrected chi connectivity index (χ0v) is 21.2. The van der Waals surface area contributed by atoms with Crippen molar-refractivity contribution in [3.05, 3.63) is 95.6 Å². The van der Waals surface area contributed by atoms with Gasteiger partial charge in [-0.15, -0.1) is 24.8 Å². The van der Waals surface area contributed by atoms with Gasteiger partial charge in [0, 0.05) is 38.3 Å². The molecular formula is C26H29Cl2N5O3. The van der Waals surface area contributed by atoms with Crippen molar-refractivity contribution in [1.29, 1.82) is 5.41 Å². The molecule has 8 nitrogen and oxygen atoms in total. The van der Waals surface area contributed by atoms with E-state index in [0.717, 1.165) is 19.6 Å². The fraction of sp³-hybridized carbons (Fsp3) is 0.192. The largest absolute Gasteiger partial charge is 0.423 e. The monoisotopic (exact) mass is 529 g/mol. The number of benzene rings is 3. The lowest BCUT2D eigenvalue weighted by molar-refractivity contribution is 0.0628. The van der Waals surface area contributed by atoms with Gasteiger partial charge in [0.25, 0.3) is 5.91 Å². The Kier molecular flexibility index (Phi) is 10.7. The maximum atomic E-state index is 12.9. The van der Waals surface area contributed by atoms with Crippen LogP contribution in [0.1, 0.15) is 26.3 Å². The van der Waals surface area contributed by atoms with E-state index in [1.165, 1.54) is 5.56 Å². The van der Waals surface area contributed by atoms with E-state index in [-0.39, 0.29) is 42.2 Å². The number of nitrogens with one attached hydrogen (secondary N) is 2. The molecule has 0 aromatic heterocycles. The van der Waals surface area contributed by atoms with Gasteiger partial charge >= 0.3 is 5.97 Å². The predicted molar refractivity (Wildman–Crippen MR) is 145 cm³/mol. The number of carbonyl (C=O) groups is 2. The summed E-state index contributed by atoms with van der Waals surface area (Å²) in [5, 5.41) is 10.00. The van der Waals surface area contributed by atoms with E-state index in [0.29, 0.717) is 30.1 Å². The third kappa shape index (κ3) is 7.45. The summed E-state index contributed by atoms with van der Waals surface area (Å²) >= 11 is 0. The molecule has 0 saturated carbocycles. The summed E-state index contributed by atoms with van der Waals surface area (Å²) in [6.07, 6.45) is 0. The molecule has 1 aliphatic rings. The van der Waals surface area contributed by atoms with Crippen LogP contribution in [0.4, 0.5) is 5.69 Å². The van der Waals surface area contributed by atoms with Crippen LogP contribution in [0.15, 0.2) is 78.9 Å². The van der Waals surface area contributed by atoms with E-state index in [4.69, 9.17) is 15.9 Å². The van der Waals surface area contributed by atoms with Crippen LogP contribution in [0.2, 0.25) is 0 Å². The first kappa shape index (κ1) is 28.6. The van der Waals surface area contributed by atoms with Crippen LogP contribution in [-0.4, -0.2) is 53.8 Å². The molecule has 190 valence electrons. The highest BCUT2D eigenvalue weighted by atomic mass is 35.5. The van der Waals surface area contributed by atoms with Crippen LogP contribution in [0.3, 0.4) is 0 Å². The minimum atomic E-state index is -0.585. The van der Waals surface area contributed by atoms with Gasteiger partial charge in [-0.05, 0) is 42.0 Å². The summed E-state index contributed by atoms with van der Waals surface area (Å²) in [5.74, 6) is -0.568. The van der Waals surface area contributed by atoms with Gasteiger partial charge in [-0.3, -0.25) is 15.1 Å². The Hall–Kier alpha value is -3.59. The van der Waals surface area contributed by atoms with Crippen molar-refractivity contribution in [2.45, 2.75) is 6.54 Å². The number of carbonyl (C=O) groups excluding carboxylic acids is 2. The lowest BCUT2D eigenvalue weighted by Gasteiger charge is -2.34. The molecule has 1 aliphatic heterocycles. The maximum absolute atomic E-state index is 12.9. The average Bonchev–Trinajstić information content (AvgIpc) is 2.85. The van der Waals surface area contributed by atoms with Gasteiger partial charge in [0.15, 0.2) is 5.96 Å². The highest BCUT2D eigenvalue weighted by Crippen LogP contribution is 2.20. The van der Waals surface area contributed by atoms with E-state index in [1.807, 2.05) is 23.1 Å². The Balaban J connectivity index is 0.00000228. The molecule has 0 spiro atoms. The van der Waals surface area contributed by atoms with Crippen molar-refractivity contribution in [3.8, 4) is 5.75 Å². The van der Waals surface area contributed by atoms with E-state index in [2.05, 4.69) is 22.3 Å². The molecule has 4 N–H and O–H groups in total. The van der Waals surface area contributed by atoms with Crippen molar-refractivity contribution in [3.63, 3.8) is 0 Å². The van der Waals surface area contributed by atoms with Crippen LogP contribution < -0.4 is 15.8 Å². The van der Waals surface area contributed by atoms with Crippen molar-refractivity contribution < 1.29 is 14.3 Å². The molecule has 1 fully saturated rings. The van der Waals surface area contributed by atoms with Crippen LogP contribution >= 0.6 is 24.8 Å². The van der Waals surface area contributed by atoms with Crippen molar-refractivity contribution in [1.82, 2.24) is 9.80 Å². The third-order valence-electron chi connectivity index (χ3n) is 5.64.